The standard InChI is InChI=1S/C23H24F2N4O2/c1-13-6-16(24)7-15-8-21(23(26)31)29(22(13)15)20-10-17(25)9-19(11-20)28-5-4-18(12-28)27(3)14(2)30/h6-11,18H,4-5,12H2,1-3H3,(H2,26,31). The molecule has 1 fully saturated rings. The van der Waals surface area contributed by atoms with Crippen LogP contribution in [0.15, 0.2) is 36.4 Å². The molecule has 2 aromatic carbocycles. The molecule has 1 aliphatic rings. The molecule has 31 heavy (non-hydrogen) atoms. The third kappa shape index (κ3) is 3.73. The molecule has 4 rings (SSSR count). The number of primary amides is 1. The maximum Gasteiger partial charge on any atom is 0.265 e. The number of anilines is 1. The van der Waals surface area contributed by atoms with Crippen molar-refractivity contribution in [3.63, 3.8) is 0 Å². The quantitative estimate of drug-likeness (QED) is 0.695. The van der Waals surface area contributed by atoms with E-state index in [9.17, 15) is 18.4 Å². The predicted octanol–water partition coefficient (Wildman–Crippen LogP) is 3.37. The third-order valence-electron chi connectivity index (χ3n) is 6.00. The first-order valence-corrected chi connectivity index (χ1v) is 10.1. The molecule has 2 amide bonds. The molecule has 0 saturated carbocycles. The highest BCUT2D eigenvalue weighted by Gasteiger charge is 2.28. The molecule has 1 atom stereocenters. The van der Waals surface area contributed by atoms with Gasteiger partial charge < -0.3 is 20.1 Å². The third-order valence-corrected chi connectivity index (χ3v) is 6.00. The van der Waals surface area contributed by atoms with Crippen molar-refractivity contribution in [2.45, 2.75) is 26.3 Å². The molecule has 0 radical (unpaired) electrons. The number of carbonyl (C=O) groups excluding carboxylic acids is 2. The number of benzene rings is 2. The summed E-state index contributed by atoms with van der Waals surface area (Å²) in [7, 11) is 1.76. The molecular weight excluding hydrogens is 402 g/mol. The van der Waals surface area contributed by atoms with Crippen LogP contribution in [0.25, 0.3) is 16.6 Å². The van der Waals surface area contributed by atoms with E-state index >= 15 is 0 Å². The van der Waals surface area contributed by atoms with Gasteiger partial charge in [-0.05, 0) is 55.3 Å². The maximum atomic E-state index is 14.7. The molecule has 8 heteroatoms. The van der Waals surface area contributed by atoms with Crippen LogP contribution in [-0.4, -0.2) is 47.5 Å². The van der Waals surface area contributed by atoms with Gasteiger partial charge in [0.15, 0.2) is 0 Å². The number of amides is 2. The van der Waals surface area contributed by atoms with Crippen molar-refractivity contribution in [1.82, 2.24) is 9.47 Å². The Morgan fingerprint density at radius 3 is 2.42 bits per heavy atom. The molecule has 1 aliphatic heterocycles. The van der Waals surface area contributed by atoms with Crippen LogP contribution < -0.4 is 10.6 Å². The van der Waals surface area contributed by atoms with Crippen molar-refractivity contribution in [3.8, 4) is 5.69 Å². The van der Waals surface area contributed by atoms with Crippen molar-refractivity contribution >= 4 is 28.4 Å². The highest BCUT2D eigenvalue weighted by atomic mass is 19.1. The Kier molecular flexibility index (Phi) is 5.16. The number of rotatable bonds is 4. The maximum absolute atomic E-state index is 14.7. The zero-order valence-electron chi connectivity index (χ0n) is 17.7. The molecule has 6 nitrogen and oxygen atoms in total. The zero-order valence-corrected chi connectivity index (χ0v) is 17.7. The SMILES string of the molecule is CC(=O)N(C)C1CCN(c2cc(F)cc(-n3c(C(N)=O)cc4cc(F)cc(C)c43)c2)C1. The Labute approximate surface area is 178 Å². The molecule has 0 bridgehead atoms. The van der Waals surface area contributed by atoms with E-state index in [1.165, 1.54) is 37.3 Å². The Morgan fingerprint density at radius 1 is 1.06 bits per heavy atom. The van der Waals surface area contributed by atoms with Crippen LogP contribution >= 0.6 is 0 Å². The number of likely N-dealkylation sites (N-methyl/N-ethyl adjacent to an activating group) is 1. The summed E-state index contributed by atoms with van der Waals surface area (Å²) in [5.74, 6) is -1.59. The lowest BCUT2D eigenvalue weighted by atomic mass is 10.1. The lowest BCUT2D eigenvalue weighted by Gasteiger charge is -2.25. The van der Waals surface area contributed by atoms with Crippen molar-refractivity contribution in [2.75, 3.05) is 25.0 Å². The monoisotopic (exact) mass is 426 g/mol. The largest absolute Gasteiger partial charge is 0.369 e. The molecule has 0 aliphatic carbocycles. The number of halogens is 2. The van der Waals surface area contributed by atoms with Crippen LogP contribution in [0.4, 0.5) is 14.5 Å². The number of hydrogen-bond acceptors (Lipinski definition) is 3. The van der Waals surface area contributed by atoms with E-state index in [-0.39, 0.29) is 17.6 Å². The van der Waals surface area contributed by atoms with E-state index in [0.29, 0.717) is 40.9 Å². The number of hydrogen-bond donors (Lipinski definition) is 1. The second kappa shape index (κ2) is 7.68. The molecule has 0 spiro atoms. The predicted molar refractivity (Wildman–Crippen MR) is 116 cm³/mol. The van der Waals surface area contributed by atoms with Crippen LogP contribution in [0.5, 0.6) is 0 Å². The van der Waals surface area contributed by atoms with Gasteiger partial charge in [0.2, 0.25) is 5.91 Å². The van der Waals surface area contributed by atoms with E-state index in [4.69, 9.17) is 5.73 Å². The fourth-order valence-corrected chi connectivity index (χ4v) is 4.38. The van der Waals surface area contributed by atoms with E-state index in [0.717, 1.165) is 6.42 Å². The average Bonchev–Trinajstić information content (AvgIpc) is 3.32. The first-order chi connectivity index (χ1) is 14.7. The normalized spacial score (nSPS) is 16.2. The summed E-state index contributed by atoms with van der Waals surface area (Å²) in [6.45, 7) is 4.51. The van der Waals surface area contributed by atoms with Gasteiger partial charge in [-0.15, -0.1) is 0 Å². The summed E-state index contributed by atoms with van der Waals surface area (Å²) in [6, 6.07) is 8.80. The van der Waals surface area contributed by atoms with Gasteiger partial charge in [0.25, 0.3) is 5.91 Å². The first-order valence-electron chi connectivity index (χ1n) is 10.1. The molecule has 162 valence electrons. The lowest BCUT2D eigenvalue weighted by molar-refractivity contribution is -0.129. The number of nitrogens with zero attached hydrogens (tertiary/aromatic N) is 3. The molecule has 2 heterocycles. The second-order valence-corrected chi connectivity index (χ2v) is 8.08. The summed E-state index contributed by atoms with van der Waals surface area (Å²) >= 11 is 0. The summed E-state index contributed by atoms with van der Waals surface area (Å²) in [4.78, 5) is 27.5. The van der Waals surface area contributed by atoms with Gasteiger partial charge in [-0.25, -0.2) is 8.78 Å². The number of aromatic nitrogens is 1. The topological polar surface area (TPSA) is 71.6 Å². The summed E-state index contributed by atoms with van der Waals surface area (Å²) < 4.78 is 30.2. The van der Waals surface area contributed by atoms with Crippen LogP contribution in [-0.2, 0) is 4.79 Å². The van der Waals surface area contributed by atoms with Gasteiger partial charge in [-0.1, -0.05) is 0 Å². The minimum Gasteiger partial charge on any atom is -0.369 e. The van der Waals surface area contributed by atoms with E-state index in [2.05, 4.69) is 0 Å². The summed E-state index contributed by atoms with van der Waals surface area (Å²) in [6.07, 6.45) is 0.777. The molecule has 2 N–H and O–H groups in total. The van der Waals surface area contributed by atoms with E-state index in [1.54, 1.807) is 29.5 Å². The fourth-order valence-electron chi connectivity index (χ4n) is 4.38. The Morgan fingerprint density at radius 2 is 1.74 bits per heavy atom. The van der Waals surface area contributed by atoms with Gasteiger partial charge in [0.1, 0.15) is 17.3 Å². The van der Waals surface area contributed by atoms with Crippen molar-refractivity contribution in [2.24, 2.45) is 5.73 Å². The van der Waals surface area contributed by atoms with Crippen molar-refractivity contribution in [3.05, 3.63) is 59.3 Å². The van der Waals surface area contributed by atoms with Crippen LogP contribution in [0.3, 0.4) is 0 Å². The smallest absolute Gasteiger partial charge is 0.265 e. The van der Waals surface area contributed by atoms with Gasteiger partial charge in [0, 0.05) is 38.1 Å². The molecule has 1 unspecified atom stereocenters. The Balaban J connectivity index is 1.81. The summed E-state index contributed by atoms with van der Waals surface area (Å²) in [5, 5.41) is 0.515. The van der Waals surface area contributed by atoms with Crippen molar-refractivity contribution in [1.29, 1.82) is 0 Å². The average molecular weight is 426 g/mol. The van der Waals surface area contributed by atoms with E-state index in [1.807, 2.05) is 4.90 Å². The van der Waals surface area contributed by atoms with Gasteiger partial charge in [-0.2, -0.15) is 0 Å². The molecule has 3 aromatic rings. The number of carbonyl (C=O) groups is 2. The zero-order chi connectivity index (χ0) is 22.4. The lowest BCUT2D eigenvalue weighted by Crippen LogP contribution is -2.37. The number of fused-ring (bicyclic) bond motifs is 1. The number of nitrogens with two attached hydrogens (primary N) is 1. The Hall–Kier alpha value is -3.42. The van der Waals surface area contributed by atoms with Crippen LogP contribution in [0.1, 0.15) is 29.4 Å². The van der Waals surface area contributed by atoms with Crippen molar-refractivity contribution < 1.29 is 18.4 Å². The molecular formula is C23H24F2N4O2. The van der Waals surface area contributed by atoms with Gasteiger partial charge in [-0.3, -0.25) is 9.59 Å². The van der Waals surface area contributed by atoms with Gasteiger partial charge in [0.05, 0.1) is 17.2 Å². The first kappa shape index (κ1) is 20.8. The Bertz CT molecular complexity index is 1200. The fraction of sp³-hybridized carbons (Fsp3) is 0.304. The summed E-state index contributed by atoms with van der Waals surface area (Å²) in [5.41, 5.74) is 8.02. The van der Waals surface area contributed by atoms with Crippen LogP contribution in [0, 0.1) is 18.6 Å². The minimum atomic E-state index is -0.689. The molecule has 1 aromatic heterocycles. The highest BCUT2D eigenvalue weighted by Crippen LogP contribution is 2.32. The van der Waals surface area contributed by atoms with E-state index < -0.39 is 17.5 Å². The van der Waals surface area contributed by atoms with Crippen LogP contribution in [0.2, 0.25) is 0 Å². The number of aryl methyl sites for hydroxylation is 1. The highest BCUT2D eigenvalue weighted by molar-refractivity contribution is 6.00. The minimum absolute atomic E-state index is 0.0144. The van der Waals surface area contributed by atoms with Gasteiger partial charge >= 0.3 is 0 Å². The molecule has 1 saturated heterocycles. The second-order valence-electron chi connectivity index (χ2n) is 8.08.